The molecule has 1 atom stereocenters. The Morgan fingerprint density at radius 2 is 1.67 bits per heavy atom. The monoisotopic (exact) mass is 510 g/mol. The number of esters is 1. The van der Waals surface area contributed by atoms with Gasteiger partial charge in [0.05, 0.1) is 5.57 Å². The third kappa shape index (κ3) is 5.33. The average Bonchev–Trinajstić information content (AvgIpc) is 3.21. The zero-order valence-corrected chi connectivity index (χ0v) is 22.6. The van der Waals surface area contributed by atoms with E-state index in [0.717, 1.165) is 21.3 Å². The van der Waals surface area contributed by atoms with Crippen molar-refractivity contribution in [2.24, 2.45) is 0 Å². The summed E-state index contributed by atoms with van der Waals surface area (Å²) < 4.78 is 12.6. The number of benzene rings is 1. The van der Waals surface area contributed by atoms with Crippen LogP contribution in [0.25, 0.3) is 10.1 Å². The molecule has 1 aromatic heterocycles. The summed E-state index contributed by atoms with van der Waals surface area (Å²) in [5.74, 6) is -1.01. The van der Waals surface area contributed by atoms with Gasteiger partial charge in [-0.25, -0.2) is 9.59 Å². The van der Waals surface area contributed by atoms with Crippen molar-refractivity contribution in [3.8, 4) is 0 Å². The minimum absolute atomic E-state index is 0.0799. The number of allylic oxidation sites excluding steroid dienone is 3. The molecule has 0 saturated carbocycles. The topological polar surface area (TPSA) is 84.9 Å². The van der Waals surface area contributed by atoms with Gasteiger partial charge in [0, 0.05) is 53.5 Å². The first kappa shape index (κ1) is 25.9. The highest BCUT2D eigenvalue weighted by atomic mass is 32.1. The summed E-state index contributed by atoms with van der Waals surface area (Å²) in [6.07, 6.45) is 0.402. The molecule has 192 valence electrons. The number of ether oxygens (including phenoxy) is 2. The Kier molecular flexibility index (Phi) is 7.27. The molecule has 8 heteroatoms. The lowest BCUT2D eigenvalue weighted by Gasteiger charge is -2.34. The molecule has 2 aliphatic heterocycles. The number of fused-ring (bicyclic) bond motifs is 1. The van der Waals surface area contributed by atoms with Crippen molar-refractivity contribution in [2.75, 3.05) is 13.1 Å². The fourth-order valence-corrected chi connectivity index (χ4v) is 5.95. The number of rotatable bonds is 4. The van der Waals surface area contributed by atoms with Gasteiger partial charge in [-0.05, 0) is 63.9 Å². The SMILES string of the molecule is CC(=O)C1=C(C)NC(C)=C(C(=O)OC2CCN(C(=O)OC(C)(C)C)CC2)C1c1csc2ccccc12. The molecule has 2 aliphatic rings. The fourth-order valence-electron chi connectivity index (χ4n) is 4.96. The molecule has 1 N–H and O–H groups in total. The number of thiophene rings is 1. The molecule has 36 heavy (non-hydrogen) atoms. The van der Waals surface area contributed by atoms with E-state index in [0.29, 0.717) is 42.8 Å². The number of piperidine rings is 1. The highest BCUT2D eigenvalue weighted by Gasteiger charge is 2.38. The summed E-state index contributed by atoms with van der Waals surface area (Å²) in [5.41, 5.74) is 2.86. The smallest absolute Gasteiger partial charge is 0.410 e. The number of amides is 1. The van der Waals surface area contributed by atoms with Gasteiger partial charge in [-0.2, -0.15) is 0 Å². The summed E-state index contributed by atoms with van der Waals surface area (Å²) in [6.45, 7) is 11.7. The van der Waals surface area contributed by atoms with Crippen LogP contribution in [0.15, 0.2) is 52.2 Å². The van der Waals surface area contributed by atoms with Gasteiger partial charge in [-0.15, -0.1) is 11.3 Å². The maximum Gasteiger partial charge on any atom is 0.410 e. The van der Waals surface area contributed by atoms with Crippen LogP contribution >= 0.6 is 11.3 Å². The summed E-state index contributed by atoms with van der Waals surface area (Å²) in [6, 6.07) is 8.02. The predicted octanol–water partition coefficient (Wildman–Crippen LogP) is 5.67. The molecule has 1 fully saturated rings. The fraction of sp³-hybridized carbons (Fsp3) is 0.464. The molecule has 1 aromatic carbocycles. The van der Waals surface area contributed by atoms with Crippen LogP contribution in [0.3, 0.4) is 0 Å². The van der Waals surface area contributed by atoms with Crippen LogP contribution in [0.4, 0.5) is 4.79 Å². The van der Waals surface area contributed by atoms with E-state index in [1.807, 2.05) is 64.3 Å². The van der Waals surface area contributed by atoms with E-state index in [-0.39, 0.29) is 18.0 Å². The lowest BCUT2D eigenvalue weighted by molar-refractivity contribution is -0.146. The molecule has 7 nitrogen and oxygen atoms in total. The van der Waals surface area contributed by atoms with Crippen LogP contribution in [0.2, 0.25) is 0 Å². The number of dihydropyridines is 1. The number of hydrogen-bond acceptors (Lipinski definition) is 7. The molecule has 0 spiro atoms. The molecule has 1 saturated heterocycles. The van der Waals surface area contributed by atoms with Crippen molar-refractivity contribution in [3.63, 3.8) is 0 Å². The predicted molar refractivity (Wildman–Crippen MR) is 141 cm³/mol. The number of carbonyl (C=O) groups excluding carboxylic acids is 3. The van der Waals surface area contributed by atoms with Gasteiger partial charge in [0.15, 0.2) is 5.78 Å². The average molecular weight is 511 g/mol. The number of nitrogens with one attached hydrogen (secondary N) is 1. The van der Waals surface area contributed by atoms with E-state index in [1.165, 1.54) is 6.92 Å². The van der Waals surface area contributed by atoms with Crippen LogP contribution in [-0.2, 0) is 19.1 Å². The molecule has 2 aromatic rings. The van der Waals surface area contributed by atoms with Crippen LogP contribution < -0.4 is 5.32 Å². The Balaban J connectivity index is 1.57. The Bertz CT molecular complexity index is 1260. The van der Waals surface area contributed by atoms with Crippen LogP contribution in [0, 0.1) is 0 Å². The third-order valence-corrected chi connectivity index (χ3v) is 7.53. The molecule has 1 unspecified atom stereocenters. The van der Waals surface area contributed by atoms with Crippen LogP contribution in [0.1, 0.15) is 65.9 Å². The number of carbonyl (C=O) groups is 3. The highest BCUT2D eigenvalue weighted by Crippen LogP contribution is 2.43. The van der Waals surface area contributed by atoms with Crippen molar-refractivity contribution >= 4 is 39.3 Å². The summed E-state index contributed by atoms with van der Waals surface area (Å²) in [5, 5.41) is 6.30. The molecule has 1 amide bonds. The van der Waals surface area contributed by atoms with E-state index >= 15 is 0 Å². The molecular formula is C28H34N2O5S. The highest BCUT2D eigenvalue weighted by molar-refractivity contribution is 7.17. The molecule has 0 radical (unpaired) electrons. The van der Waals surface area contributed by atoms with Crippen molar-refractivity contribution in [2.45, 2.75) is 72.0 Å². The zero-order chi connectivity index (χ0) is 26.2. The molecule has 0 bridgehead atoms. The van der Waals surface area contributed by atoms with E-state index in [4.69, 9.17) is 9.47 Å². The van der Waals surface area contributed by atoms with Crippen LogP contribution in [-0.4, -0.2) is 47.5 Å². The van der Waals surface area contributed by atoms with Gasteiger partial charge in [0.2, 0.25) is 0 Å². The number of nitrogens with zero attached hydrogens (tertiary/aromatic N) is 1. The van der Waals surface area contributed by atoms with Gasteiger partial charge >= 0.3 is 12.1 Å². The second-order valence-electron chi connectivity index (χ2n) is 10.5. The third-order valence-electron chi connectivity index (χ3n) is 6.55. The lowest BCUT2D eigenvalue weighted by Crippen LogP contribution is -2.44. The minimum Gasteiger partial charge on any atom is -0.459 e. The number of likely N-dealkylation sites (tertiary alicyclic amines) is 1. The molecule has 0 aliphatic carbocycles. The second-order valence-corrected chi connectivity index (χ2v) is 11.4. The summed E-state index contributed by atoms with van der Waals surface area (Å²) >= 11 is 1.60. The largest absolute Gasteiger partial charge is 0.459 e. The number of hydrogen-bond donors (Lipinski definition) is 1. The quantitative estimate of drug-likeness (QED) is 0.534. The van der Waals surface area contributed by atoms with Crippen molar-refractivity contribution in [1.82, 2.24) is 10.2 Å². The van der Waals surface area contributed by atoms with Crippen molar-refractivity contribution in [1.29, 1.82) is 0 Å². The Hall–Kier alpha value is -3.13. The van der Waals surface area contributed by atoms with Gasteiger partial charge in [0.25, 0.3) is 0 Å². The molecular weight excluding hydrogens is 476 g/mol. The maximum absolute atomic E-state index is 13.6. The van der Waals surface area contributed by atoms with Gasteiger partial charge in [-0.1, -0.05) is 18.2 Å². The Morgan fingerprint density at radius 3 is 2.31 bits per heavy atom. The van der Waals surface area contributed by atoms with Crippen molar-refractivity contribution in [3.05, 3.63) is 57.7 Å². The van der Waals surface area contributed by atoms with E-state index in [2.05, 4.69) is 5.32 Å². The minimum atomic E-state index is -0.556. The zero-order valence-electron chi connectivity index (χ0n) is 21.8. The Morgan fingerprint density at radius 1 is 1.03 bits per heavy atom. The lowest BCUT2D eigenvalue weighted by atomic mass is 9.79. The Labute approximate surface area is 216 Å². The molecule has 3 heterocycles. The van der Waals surface area contributed by atoms with Crippen LogP contribution in [0.5, 0.6) is 0 Å². The second kappa shape index (κ2) is 10.1. The first-order valence-corrected chi connectivity index (χ1v) is 13.2. The standard InChI is InChI=1S/C28H34N2O5S/c1-16-23(18(3)31)25(21-15-36-22-10-8-7-9-20(21)22)24(17(2)29-16)26(32)34-19-11-13-30(14-12-19)27(33)35-28(4,5)6/h7-10,15,19,25,29H,11-14H2,1-6H3. The van der Waals surface area contributed by atoms with E-state index in [9.17, 15) is 14.4 Å². The summed E-state index contributed by atoms with van der Waals surface area (Å²) in [4.78, 5) is 40.5. The van der Waals surface area contributed by atoms with E-state index in [1.54, 1.807) is 16.2 Å². The van der Waals surface area contributed by atoms with Crippen molar-refractivity contribution < 1.29 is 23.9 Å². The number of Topliss-reactive ketones (excluding diaryl/α,β-unsaturated/α-hetero) is 1. The molecule has 4 rings (SSSR count). The first-order valence-electron chi connectivity index (χ1n) is 12.3. The van der Waals surface area contributed by atoms with Gasteiger partial charge in [-0.3, -0.25) is 4.79 Å². The van der Waals surface area contributed by atoms with E-state index < -0.39 is 17.5 Å². The maximum atomic E-state index is 13.6. The van der Waals surface area contributed by atoms with Gasteiger partial charge in [0.1, 0.15) is 11.7 Å². The first-order chi connectivity index (χ1) is 17.0. The summed E-state index contributed by atoms with van der Waals surface area (Å²) in [7, 11) is 0. The number of ketones is 1. The normalized spacial score (nSPS) is 19.4. The van der Waals surface area contributed by atoms with Gasteiger partial charge < -0.3 is 19.7 Å².